The number of hydrogen-bond acceptors (Lipinski definition) is 6. The van der Waals surface area contributed by atoms with Crippen LogP contribution in [0.3, 0.4) is 0 Å². The molecule has 0 amide bonds. The minimum atomic E-state index is -2.60. The largest absolute Gasteiger partial charge is 0.394 e. The average molecular weight is 322 g/mol. The minimum absolute atomic E-state index is 0.0716. The third-order valence-electron chi connectivity index (χ3n) is 3.46. The van der Waals surface area contributed by atoms with Gasteiger partial charge in [0.2, 0.25) is 6.43 Å². The van der Waals surface area contributed by atoms with Gasteiger partial charge in [0, 0.05) is 18.2 Å². The van der Waals surface area contributed by atoms with Crippen LogP contribution in [0.5, 0.6) is 0 Å². The van der Waals surface area contributed by atoms with Crippen LogP contribution in [-0.2, 0) is 11.2 Å². The van der Waals surface area contributed by atoms with Crippen LogP contribution in [-0.4, -0.2) is 56.2 Å². The van der Waals surface area contributed by atoms with E-state index in [1.54, 1.807) is 0 Å². The van der Waals surface area contributed by atoms with Crippen molar-refractivity contribution < 1.29 is 28.8 Å². The Balaban J connectivity index is 2.33. The summed E-state index contributed by atoms with van der Waals surface area (Å²) in [5.74, 6) is 0. The second kappa shape index (κ2) is 6.65. The van der Waals surface area contributed by atoms with E-state index < -0.39 is 55.2 Å². The van der Waals surface area contributed by atoms with Gasteiger partial charge in [-0.05, 0) is 6.42 Å². The molecule has 0 aromatic carbocycles. The van der Waals surface area contributed by atoms with E-state index in [-0.39, 0.29) is 12.0 Å². The highest BCUT2D eigenvalue weighted by molar-refractivity contribution is 5.06. The SMILES string of the molecule is O=c1[nH]c(=O)n([C@@H]2O[C@H](CO)[C@@H](O)[C@H]2O)cc1CCC(F)F. The molecular formula is C12H16F2N2O6. The number of ether oxygens (including phenoxy) is 1. The summed E-state index contributed by atoms with van der Waals surface area (Å²) in [5, 5.41) is 28.5. The third-order valence-corrected chi connectivity index (χ3v) is 3.46. The Hall–Kier alpha value is -1.62. The molecule has 124 valence electrons. The van der Waals surface area contributed by atoms with Crippen molar-refractivity contribution in [3.8, 4) is 0 Å². The smallest absolute Gasteiger partial charge is 0.330 e. The summed E-state index contributed by atoms with van der Waals surface area (Å²) >= 11 is 0. The molecule has 1 aromatic rings. The normalized spacial score (nSPS) is 28.5. The molecular weight excluding hydrogens is 306 g/mol. The first-order valence-electron chi connectivity index (χ1n) is 6.60. The summed E-state index contributed by atoms with van der Waals surface area (Å²) < 4.78 is 30.5. The summed E-state index contributed by atoms with van der Waals surface area (Å²) in [7, 11) is 0. The van der Waals surface area contributed by atoms with Crippen molar-refractivity contribution in [3.63, 3.8) is 0 Å². The van der Waals surface area contributed by atoms with E-state index in [1.165, 1.54) is 0 Å². The first-order valence-corrected chi connectivity index (χ1v) is 6.60. The second-order valence-electron chi connectivity index (χ2n) is 4.98. The van der Waals surface area contributed by atoms with Crippen molar-refractivity contribution in [3.05, 3.63) is 32.6 Å². The molecule has 0 bridgehead atoms. The molecule has 1 saturated heterocycles. The lowest BCUT2D eigenvalue weighted by atomic mass is 10.1. The molecule has 2 heterocycles. The molecule has 4 N–H and O–H groups in total. The number of hydrogen-bond donors (Lipinski definition) is 4. The van der Waals surface area contributed by atoms with E-state index in [9.17, 15) is 28.6 Å². The summed E-state index contributed by atoms with van der Waals surface area (Å²) in [6, 6.07) is 0. The van der Waals surface area contributed by atoms with E-state index in [1.807, 2.05) is 4.98 Å². The van der Waals surface area contributed by atoms with Gasteiger partial charge in [-0.3, -0.25) is 14.3 Å². The van der Waals surface area contributed by atoms with Gasteiger partial charge in [0.15, 0.2) is 6.23 Å². The molecule has 0 aliphatic carbocycles. The van der Waals surface area contributed by atoms with Crippen molar-refractivity contribution in [1.82, 2.24) is 9.55 Å². The van der Waals surface area contributed by atoms with Crippen LogP contribution in [0.4, 0.5) is 8.78 Å². The number of nitrogens with zero attached hydrogens (tertiary/aromatic N) is 1. The Labute approximate surface area is 122 Å². The molecule has 1 fully saturated rings. The summed E-state index contributed by atoms with van der Waals surface area (Å²) in [5.41, 5.74) is -1.79. The number of H-pyrrole nitrogens is 1. The van der Waals surface area contributed by atoms with E-state index in [0.29, 0.717) is 0 Å². The molecule has 1 aliphatic rings. The lowest BCUT2D eigenvalue weighted by Gasteiger charge is -2.18. The van der Waals surface area contributed by atoms with Crippen LogP contribution in [0.2, 0.25) is 0 Å². The number of aliphatic hydroxyl groups excluding tert-OH is 3. The Bertz CT molecular complexity index is 631. The van der Waals surface area contributed by atoms with Crippen molar-refractivity contribution in [2.45, 2.75) is 43.8 Å². The first-order chi connectivity index (χ1) is 10.3. The standard InChI is InChI=1S/C12H16F2N2O6/c13-7(14)2-1-5-3-16(12(21)15-10(5)20)11-9(19)8(18)6(4-17)22-11/h3,6-9,11,17-19H,1-2,4H2,(H,15,20,21)/t6-,8-,9-,11-/m1/s1. The van der Waals surface area contributed by atoms with Gasteiger partial charge in [-0.2, -0.15) is 0 Å². The highest BCUT2D eigenvalue weighted by Gasteiger charge is 2.43. The molecule has 0 unspecified atom stereocenters. The van der Waals surface area contributed by atoms with Gasteiger partial charge in [0.25, 0.3) is 5.56 Å². The maximum Gasteiger partial charge on any atom is 0.330 e. The van der Waals surface area contributed by atoms with Crippen LogP contribution < -0.4 is 11.2 Å². The molecule has 0 saturated carbocycles. The fourth-order valence-electron chi connectivity index (χ4n) is 2.27. The lowest BCUT2D eigenvalue weighted by Crippen LogP contribution is -2.39. The number of nitrogens with one attached hydrogen (secondary N) is 1. The van der Waals surface area contributed by atoms with Gasteiger partial charge in [-0.15, -0.1) is 0 Å². The van der Waals surface area contributed by atoms with Gasteiger partial charge in [0.05, 0.1) is 6.61 Å². The minimum Gasteiger partial charge on any atom is -0.394 e. The van der Waals surface area contributed by atoms with Gasteiger partial charge in [0.1, 0.15) is 18.3 Å². The van der Waals surface area contributed by atoms with Gasteiger partial charge >= 0.3 is 5.69 Å². The third kappa shape index (κ3) is 3.24. The summed E-state index contributed by atoms with van der Waals surface area (Å²) in [6.45, 7) is -0.578. The van der Waals surface area contributed by atoms with Gasteiger partial charge in [-0.1, -0.05) is 0 Å². The molecule has 2 rings (SSSR count). The maximum absolute atomic E-state index is 12.2. The van der Waals surface area contributed by atoms with Crippen LogP contribution in [0.1, 0.15) is 18.2 Å². The quantitative estimate of drug-likeness (QED) is 0.515. The molecule has 0 spiro atoms. The monoisotopic (exact) mass is 322 g/mol. The predicted octanol–water partition coefficient (Wildman–Crippen LogP) is -1.65. The summed E-state index contributed by atoms with van der Waals surface area (Å²) in [4.78, 5) is 25.3. The Morgan fingerprint density at radius 2 is 2.00 bits per heavy atom. The Morgan fingerprint density at radius 1 is 1.32 bits per heavy atom. The number of aryl methyl sites for hydroxylation is 1. The topological polar surface area (TPSA) is 125 Å². The lowest BCUT2D eigenvalue weighted by molar-refractivity contribution is -0.0551. The van der Waals surface area contributed by atoms with E-state index >= 15 is 0 Å². The fourth-order valence-corrected chi connectivity index (χ4v) is 2.27. The highest BCUT2D eigenvalue weighted by atomic mass is 19.3. The van der Waals surface area contributed by atoms with Crippen LogP contribution in [0.25, 0.3) is 0 Å². The molecule has 1 aliphatic heterocycles. The first kappa shape index (κ1) is 16.7. The second-order valence-corrected chi connectivity index (χ2v) is 4.98. The summed E-state index contributed by atoms with van der Waals surface area (Å²) in [6.07, 6.45) is -7.76. The van der Waals surface area contributed by atoms with Crippen LogP contribution in [0.15, 0.2) is 15.8 Å². The number of rotatable bonds is 5. The molecule has 4 atom stereocenters. The Morgan fingerprint density at radius 3 is 2.55 bits per heavy atom. The zero-order valence-corrected chi connectivity index (χ0v) is 11.4. The van der Waals surface area contributed by atoms with E-state index in [4.69, 9.17) is 9.84 Å². The number of aromatic amines is 1. The van der Waals surface area contributed by atoms with Crippen LogP contribution in [0, 0.1) is 0 Å². The Kier molecular flexibility index (Phi) is 5.06. The van der Waals surface area contributed by atoms with Gasteiger partial charge in [-0.25, -0.2) is 13.6 Å². The average Bonchev–Trinajstić information content (AvgIpc) is 2.74. The van der Waals surface area contributed by atoms with Crippen molar-refractivity contribution in [2.24, 2.45) is 0 Å². The molecule has 0 radical (unpaired) electrons. The number of alkyl halides is 2. The predicted molar refractivity (Wildman–Crippen MR) is 68.7 cm³/mol. The number of aliphatic hydroxyl groups is 3. The van der Waals surface area contributed by atoms with E-state index in [2.05, 4.69) is 0 Å². The number of aromatic nitrogens is 2. The number of halogens is 2. The molecule has 1 aromatic heterocycles. The van der Waals surface area contributed by atoms with Crippen molar-refractivity contribution in [1.29, 1.82) is 0 Å². The van der Waals surface area contributed by atoms with Gasteiger partial charge < -0.3 is 20.1 Å². The molecule has 8 nitrogen and oxygen atoms in total. The van der Waals surface area contributed by atoms with Crippen molar-refractivity contribution >= 4 is 0 Å². The molecule has 22 heavy (non-hydrogen) atoms. The zero-order valence-electron chi connectivity index (χ0n) is 11.4. The fraction of sp³-hybridized carbons (Fsp3) is 0.667. The van der Waals surface area contributed by atoms with E-state index in [0.717, 1.165) is 10.8 Å². The van der Waals surface area contributed by atoms with Crippen molar-refractivity contribution in [2.75, 3.05) is 6.61 Å². The zero-order chi connectivity index (χ0) is 16.4. The highest BCUT2D eigenvalue weighted by Crippen LogP contribution is 2.28. The maximum atomic E-state index is 12.2. The van der Waals surface area contributed by atoms with Crippen LogP contribution >= 0.6 is 0 Å². The molecule has 10 heteroatoms.